The minimum atomic E-state index is 0.541. The van der Waals surface area contributed by atoms with Gasteiger partial charge in [0, 0.05) is 19.4 Å². The summed E-state index contributed by atoms with van der Waals surface area (Å²) in [6, 6.07) is 2.06. The molecule has 0 aromatic carbocycles. The second-order valence-corrected chi connectivity index (χ2v) is 2.52. The van der Waals surface area contributed by atoms with E-state index in [1.807, 2.05) is 0 Å². The molecular formula is C8H7N5. The monoisotopic (exact) mass is 173 g/mol. The number of H-pyrrole nitrogens is 1. The minimum absolute atomic E-state index is 0.541. The molecule has 64 valence electrons. The highest BCUT2D eigenvalue weighted by molar-refractivity contribution is 5.82. The van der Waals surface area contributed by atoms with E-state index in [2.05, 4.69) is 26.3 Å². The number of aromatic amines is 1. The van der Waals surface area contributed by atoms with Crippen molar-refractivity contribution in [2.75, 3.05) is 12.4 Å². The van der Waals surface area contributed by atoms with Gasteiger partial charge >= 0.3 is 0 Å². The third-order valence-corrected chi connectivity index (χ3v) is 1.78. The molecule has 0 bridgehead atoms. The Morgan fingerprint density at radius 3 is 3.15 bits per heavy atom. The van der Waals surface area contributed by atoms with Gasteiger partial charge in [0.2, 0.25) is 5.95 Å². The van der Waals surface area contributed by atoms with Crippen LogP contribution in [0.25, 0.3) is 11.0 Å². The number of nitrogens with zero attached hydrogens (tertiary/aromatic N) is 3. The van der Waals surface area contributed by atoms with Crippen LogP contribution in [0.15, 0.2) is 12.4 Å². The molecule has 0 atom stereocenters. The van der Waals surface area contributed by atoms with Crippen LogP contribution in [-0.2, 0) is 0 Å². The van der Waals surface area contributed by atoms with E-state index in [1.54, 1.807) is 19.4 Å². The largest absolute Gasteiger partial charge is 0.357 e. The number of aromatic nitrogens is 3. The summed E-state index contributed by atoms with van der Waals surface area (Å²) in [5.41, 5.74) is 1.24. The molecule has 5 heteroatoms. The van der Waals surface area contributed by atoms with E-state index in [0.29, 0.717) is 17.2 Å². The van der Waals surface area contributed by atoms with Gasteiger partial charge in [-0.25, -0.2) is 4.98 Å². The fourth-order valence-electron chi connectivity index (χ4n) is 1.12. The van der Waals surface area contributed by atoms with E-state index >= 15 is 0 Å². The van der Waals surface area contributed by atoms with Crippen LogP contribution in [0.1, 0.15) is 5.56 Å². The van der Waals surface area contributed by atoms with Crippen LogP contribution in [0.5, 0.6) is 0 Å². The van der Waals surface area contributed by atoms with Gasteiger partial charge in [-0.1, -0.05) is 0 Å². The van der Waals surface area contributed by atoms with Crippen molar-refractivity contribution in [3.8, 4) is 6.07 Å². The van der Waals surface area contributed by atoms with Crippen molar-refractivity contribution in [2.45, 2.75) is 0 Å². The molecule has 0 aliphatic rings. The number of anilines is 1. The third kappa shape index (κ3) is 1.08. The molecule has 0 amide bonds. The predicted molar refractivity (Wildman–Crippen MR) is 48.2 cm³/mol. The van der Waals surface area contributed by atoms with E-state index in [4.69, 9.17) is 5.26 Å². The van der Waals surface area contributed by atoms with Crippen LogP contribution >= 0.6 is 0 Å². The molecule has 2 aromatic heterocycles. The average Bonchev–Trinajstić information content (AvgIpc) is 2.59. The Hall–Kier alpha value is -2.09. The van der Waals surface area contributed by atoms with E-state index < -0.39 is 0 Å². The summed E-state index contributed by atoms with van der Waals surface area (Å²) in [5, 5.41) is 12.3. The predicted octanol–water partition coefficient (Wildman–Crippen LogP) is 0.871. The van der Waals surface area contributed by atoms with Crippen molar-refractivity contribution in [2.24, 2.45) is 0 Å². The Kier molecular flexibility index (Phi) is 1.60. The summed E-state index contributed by atoms with van der Waals surface area (Å²) in [4.78, 5) is 11.0. The fourth-order valence-corrected chi connectivity index (χ4v) is 1.12. The Labute approximate surface area is 74.4 Å². The highest BCUT2D eigenvalue weighted by atomic mass is 15.1. The molecule has 13 heavy (non-hydrogen) atoms. The SMILES string of the molecule is CNc1ncc2c(C#N)c[nH]c2n1. The maximum absolute atomic E-state index is 8.71. The van der Waals surface area contributed by atoms with Gasteiger partial charge in [0.1, 0.15) is 11.7 Å². The Morgan fingerprint density at radius 1 is 1.62 bits per heavy atom. The van der Waals surface area contributed by atoms with Crippen molar-refractivity contribution in [3.63, 3.8) is 0 Å². The number of nitrogens with one attached hydrogen (secondary N) is 2. The molecule has 0 saturated carbocycles. The van der Waals surface area contributed by atoms with Gasteiger partial charge in [0.15, 0.2) is 0 Å². The molecule has 0 aliphatic carbocycles. The first-order valence-corrected chi connectivity index (χ1v) is 3.77. The lowest BCUT2D eigenvalue weighted by atomic mass is 10.3. The van der Waals surface area contributed by atoms with Crippen LogP contribution in [-0.4, -0.2) is 22.0 Å². The van der Waals surface area contributed by atoms with E-state index in [9.17, 15) is 0 Å². The quantitative estimate of drug-likeness (QED) is 0.670. The smallest absolute Gasteiger partial charge is 0.224 e. The van der Waals surface area contributed by atoms with Gasteiger partial charge in [0.25, 0.3) is 0 Å². The molecule has 0 saturated heterocycles. The van der Waals surface area contributed by atoms with Gasteiger partial charge in [-0.3, -0.25) is 0 Å². The van der Waals surface area contributed by atoms with Crippen molar-refractivity contribution in [1.82, 2.24) is 15.0 Å². The molecule has 2 rings (SSSR count). The van der Waals surface area contributed by atoms with Crippen molar-refractivity contribution in [3.05, 3.63) is 18.0 Å². The maximum atomic E-state index is 8.71. The maximum Gasteiger partial charge on any atom is 0.224 e. The molecule has 0 aliphatic heterocycles. The minimum Gasteiger partial charge on any atom is -0.357 e. The average molecular weight is 173 g/mol. The second kappa shape index (κ2) is 2.75. The molecule has 2 N–H and O–H groups in total. The lowest BCUT2D eigenvalue weighted by molar-refractivity contribution is 1.18. The first-order valence-electron chi connectivity index (χ1n) is 3.77. The van der Waals surface area contributed by atoms with Gasteiger partial charge in [0.05, 0.1) is 10.9 Å². The van der Waals surface area contributed by atoms with E-state index in [-0.39, 0.29) is 0 Å². The zero-order chi connectivity index (χ0) is 9.26. The molecule has 5 nitrogen and oxygen atoms in total. The number of nitriles is 1. The van der Waals surface area contributed by atoms with Crippen molar-refractivity contribution < 1.29 is 0 Å². The number of hydrogen-bond donors (Lipinski definition) is 2. The molecular weight excluding hydrogens is 166 g/mol. The standard InChI is InChI=1S/C8H7N5/c1-10-8-12-4-6-5(2-9)3-11-7(6)13-8/h3-4H,1H3,(H2,10,11,12,13). The van der Waals surface area contributed by atoms with E-state index in [0.717, 1.165) is 5.39 Å². The molecule has 0 spiro atoms. The fraction of sp³-hybridized carbons (Fsp3) is 0.125. The summed E-state index contributed by atoms with van der Waals surface area (Å²) in [7, 11) is 1.75. The summed E-state index contributed by atoms with van der Waals surface area (Å²) >= 11 is 0. The zero-order valence-electron chi connectivity index (χ0n) is 7.00. The summed E-state index contributed by atoms with van der Waals surface area (Å²) in [6.07, 6.45) is 3.25. The number of hydrogen-bond acceptors (Lipinski definition) is 4. The van der Waals surface area contributed by atoms with Crippen LogP contribution in [0, 0.1) is 11.3 Å². The molecule has 2 heterocycles. The van der Waals surface area contributed by atoms with Gasteiger partial charge in [-0.15, -0.1) is 0 Å². The summed E-state index contributed by atoms with van der Waals surface area (Å²) in [6.45, 7) is 0. The van der Waals surface area contributed by atoms with Crippen LogP contribution in [0.2, 0.25) is 0 Å². The third-order valence-electron chi connectivity index (χ3n) is 1.78. The second-order valence-electron chi connectivity index (χ2n) is 2.52. The van der Waals surface area contributed by atoms with Crippen molar-refractivity contribution in [1.29, 1.82) is 5.26 Å². The Bertz CT molecular complexity index is 479. The normalized spacial score (nSPS) is 9.85. The topological polar surface area (TPSA) is 77.4 Å². The molecule has 0 unspecified atom stereocenters. The molecule has 0 radical (unpaired) electrons. The molecule has 2 aromatic rings. The van der Waals surface area contributed by atoms with E-state index in [1.165, 1.54) is 0 Å². The lowest BCUT2D eigenvalue weighted by Gasteiger charge is -1.95. The van der Waals surface area contributed by atoms with Crippen molar-refractivity contribution >= 4 is 17.0 Å². The first kappa shape index (κ1) is 7.55. The lowest BCUT2D eigenvalue weighted by Crippen LogP contribution is -1.95. The van der Waals surface area contributed by atoms with Crippen LogP contribution < -0.4 is 5.32 Å². The first-order chi connectivity index (χ1) is 6.35. The zero-order valence-corrected chi connectivity index (χ0v) is 7.00. The summed E-state index contributed by atoms with van der Waals surface area (Å²) < 4.78 is 0. The highest BCUT2D eigenvalue weighted by Gasteiger charge is 2.04. The summed E-state index contributed by atoms with van der Waals surface area (Å²) in [5.74, 6) is 0.541. The van der Waals surface area contributed by atoms with Crippen LogP contribution in [0.4, 0.5) is 5.95 Å². The number of fused-ring (bicyclic) bond motifs is 1. The van der Waals surface area contributed by atoms with Gasteiger partial charge in [-0.05, 0) is 0 Å². The number of rotatable bonds is 1. The van der Waals surface area contributed by atoms with Gasteiger partial charge < -0.3 is 10.3 Å². The van der Waals surface area contributed by atoms with Crippen LogP contribution in [0.3, 0.4) is 0 Å². The van der Waals surface area contributed by atoms with Gasteiger partial charge in [-0.2, -0.15) is 10.2 Å². The Morgan fingerprint density at radius 2 is 2.46 bits per heavy atom. The molecule has 0 fully saturated rings. The highest BCUT2D eigenvalue weighted by Crippen LogP contribution is 2.15. The Balaban J connectivity index is 2.70.